The molecule has 0 radical (unpaired) electrons. The molecule has 17 rings (SSSR count). The van der Waals surface area contributed by atoms with Gasteiger partial charge in [-0.3, -0.25) is 0 Å². The van der Waals surface area contributed by atoms with E-state index in [-0.39, 0.29) is 17.5 Å². The van der Waals surface area contributed by atoms with Gasteiger partial charge in [0.1, 0.15) is 0 Å². The highest BCUT2D eigenvalue weighted by molar-refractivity contribution is 7.26. The van der Waals surface area contributed by atoms with E-state index in [2.05, 4.69) is 333 Å². The summed E-state index contributed by atoms with van der Waals surface area (Å²) in [6.07, 6.45) is 0. The average Bonchev–Trinajstić information content (AvgIpc) is 1.66. The molecule has 0 saturated carbocycles. The molecular weight excluding hydrogens is 1070 g/mol. The van der Waals surface area contributed by atoms with Crippen molar-refractivity contribution in [3.8, 4) is 16.8 Å². The van der Waals surface area contributed by atoms with E-state index >= 15 is 0 Å². The van der Waals surface area contributed by atoms with Crippen LogP contribution in [0.2, 0.25) is 0 Å². The van der Waals surface area contributed by atoms with Crippen LogP contribution in [-0.4, -0.2) is 11.3 Å². The summed E-state index contributed by atoms with van der Waals surface area (Å²) in [5.41, 5.74) is 25.9. The van der Waals surface area contributed by atoms with Gasteiger partial charge < -0.3 is 24.2 Å². The van der Waals surface area contributed by atoms with Crippen molar-refractivity contribution in [3.05, 3.63) is 278 Å². The van der Waals surface area contributed by atoms with Gasteiger partial charge in [-0.25, -0.2) is 0 Å². The minimum atomic E-state index is -0.129. The molecule has 0 atom stereocenters. The standard InChI is InChI=1S/C80H62BN5S/c1-79(2,3)52-36-42-56(43-37-52)82(57-44-38-53(39-45-57)80(4,5)6)59-46-47-66-71(48-59)84(58-40-34-51(35-41-58)61-26-17-28-65-63-25-14-16-33-74(63)87-78(61)65)72-49-60(83(54-20-9-7-10-21-54)55-22-11-8-12-23-55)50-73-75(72)81(66)67-29-19-32-70-77(67)86(73)69-31-18-27-64-62-24-13-15-30-68(62)85(70)76(64)69/h7-50H,1-6H3. The van der Waals surface area contributed by atoms with Crippen LogP contribution in [-0.2, 0) is 10.8 Å². The van der Waals surface area contributed by atoms with Crippen LogP contribution in [0.5, 0.6) is 0 Å². The van der Waals surface area contributed by atoms with E-state index in [0.29, 0.717) is 0 Å². The third-order valence-electron chi connectivity index (χ3n) is 18.6. The minimum absolute atomic E-state index is 0.000411. The van der Waals surface area contributed by atoms with Crippen molar-refractivity contribution < 1.29 is 0 Å². The molecule has 0 bridgehead atoms. The minimum Gasteiger partial charge on any atom is -0.311 e. The highest BCUT2D eigenvalue weighted by Gasteiger charge is 2.47. The second-order valence-electron chi connectivity index (χ2n) is 25.7. The van der Waals surface area contributed by atoms with Crippen molar-refractivity contribution in [3.63, 3.8) is 0 Å². The lowest BCUT2D eigenvalue weighted by Gasteiger charge is -2.47. The van der Waals surface area contributed by atoms with Gasteiger partial charge in [-0.05, 0) is 159 Å². The van der Waals surface area contributed by atoms with Gasteiger partial charge in [-0.1, -0.05) is 199 Å². The zero-order chi connectivity index (χ0) is 58.4. The molecule has 14 aromatic rings. The van der Waals surface area contributed by atoms with Crippen LogP contribution in [0.25, 0.3) is 58.8 Å². The average molecular weight is 1140 g/mol. The molecular formula is C80H62BN5S. The molecule has 7 heteroatoms. The number of para-hydroxylation sites is 5. The fraction of sp³-hybridized carbons (Fsp3) is 0.100. The number of nitrogens with zero attached hydrogens (tertiary/aromatic N) is 5. The van der Waals surface area contributed by atoms with Crippen molar-refractivity contribution in [2.75, 3.05) is 19.6 Å². The molecule has 12 aromatic carbocycles. The summed E-state index contributed by atoms with van der Waals surface area (Å²) in [5.74, 6) is 0. The van der Waals surface area contributed by atoms with Crippen molar-refractivity contribution in [2.24, 2.45) is 0 Å². The Labute approximate surface area is 512 Å². The van der Waals surface area contributed by atoms with Gasteiger partial charge in [-0.15, -0.1) is 11.3 Å². The predicted molar refractivity (Wildman–Crippen MR) is 373 cm³/mol. The maximum absolute atomic E-state index is 2.62. The zero-order valence-electron chi connectivity index (χ0n) is 49.6. The first kappa shape index (κ1) is 51.4. The molecule has 0 unspecified atom stereocenters. The number of hydrogen-bond acceptors (Lipinski definition) is 5. The Morgan fingerprint density at radius 2 is 0.897 bits per heavy atom. The van der Waals surface area contributed by atoms with Gasteiger partial charge in [0.2, 0.25) is 0 Å². The van der Waals surface area contributed by atoms with Crippen LogP contribution in [0.3, 0.4) is 0 Å². The highest BCUT2D eigenvalue weighted by atomic mass is 32.1. The first-order chi connectivity index (χ1) is 42.4. The lowest BCUT2D eigenvalue weighted by atomic mass is 9.33. The molecule has 5 heterocycles. The topological polar surface area (TPSA) is 17.9 Å². The van der Waals surface area contributed by atoms with Gasteiger partial charge >= 0.3 is 0 Å². The van der Waals surface area contributed by atoms with Gasteiger partial charge in [-0.2, -0.15) is 0 Å². The molecule has 3 aliphatic heterocycles. The summed E-state index contributed by atoms with van der Waals surface area (Å²) in [4.78, 5) is 10.1. The molecule has 2 aromatic heterocycles. The van der Waals surface area contributed by atoms with E-state index in [1.165, 1.54) is 103 Å². The van der Waals surface area contributed by atoms with Crippen molar-refractivity contribution in [2.45, 2.75) is 52.4 Å². The first-order valence-electron chi connectivity index (χ1n) is 30.4. The van der Waals surface area contributed by atoms with Crippen molar-refractivity contribution in [1.82, 2.24) is 4.57 Å². The van der Waals surface area contributed by atoms with E-state index in [4.69, 9.17) is 0 Å². The molecule has 0 fully saturated rings. The van der Waals surface area contributed by atoms with Gasteiger partial charge in [0, 0.05) is 82.1 Å². The summed E-state index contributed by atoms with van der Waals surface area (Å²) in [5, 5.41) is 5.11. The Morgan fingerprint density at radius 1 is 0.368 bits per heavy atom. The van der Waals surface area contributed by atoms with Gasteiger partial charge in [0.15, 0.2) is 0 Å². The molecule has 0 aliphatic carbocycles. The Bertz CT molecular complexity index is 4970. The van der Waals surface area contributed by atoms with Crippen molar-refractivity contribution >= 4 is 145 Å². The highest BCUT2D eigenvalue weighted by Crippen LogP contribution is 2.55. The van der Waals surface area contributed by atoms with Crippen LogP contribution in [0.4, 0.5) is 68.2 Å². The number of hydrogen-bond donors (Lipinski definition) is 0. The maximum Gasteiger partial charge on any atom is 0.252 e. The fourth-order valence-electron chi connectivity index (χ4n) is 14.4. The lowest BCUT2D eigenvalue weighted by molar-refractivity contribution is 0.590. The fourth-order valence-corrected chi connectivity index (χ4v) is 15.7. The Balaban J connectivity index is 0.961. The van der Waals surface area contributed by atoms with Crippen LogP contribution >= 0.6 is 11.3 Å². The van der Waals surface area contributed by atoms with Crippen LogP contribution in [0.1, 0.15) is 52.7 Å². The summed E-state index contributed by atoms with van der Waals surface area (Å²) in [6, 6.07) is 101. The van der Waals surface area contributed by atoms with E-state index in [1.807, 2.05) is 11.3 Å². The summed E-state index contributed by atoms with van der Waals surface area (Å²) >= 11 is 1.88. The van der Waals surface area contributed by atoms with Crippen LogP contribution in [0, 0.1) is 0 Å². The smallest absolute Gasteiger partial charge is 0.252 e. The quantitative estimate of drug-likeness (QED) is 0.141. The third-order valence-corrected chi connectivity index (χ3v) is 19.8. The zero-order valence-corrected chi connectivity index (χ0v) is 50.4. The normalized spacial score (nSPS) is 13.1. The van der Waals surface area contributed by atoms with Crippen molar-refractivity contribution in [1.29, 1.82) is 0 Å². The van der Waals surface area contributed by atoms with E-state index in [0.717, 1.165) is 51.2 Å². The molecule has 0 spiro atoms. The number of benzene rings is 12. The number of thiophene rings is 1. The lowest BCUT2D eigenvalue weighted by Crippen LogP contribution is -2.61. The van der Waals surface area contributed by atoms with Gasteiger partial charge in [0.05, 0.1) is 33.8 Å². The maximum atomic E-state index is 2.62. The predicted octanol–water partition coefficient (Wildman–Crippen LogP) is 20.7. The number of anilines is 12. The number of fused-ring (bicyclic) bond motifs is 12. The molecule has 87 heavy (non-hydrogen) atoms. The van der Waals surface area contributed by atoms with E-state index < -0.39 is 0 Å². The SMILES string of the molecule is CC(C)(C)c1ccc(N(c2ccc(C(C)(C)C)cc2)c2ccc3c(c2)N(c2ccc(-c4cccc5c4sc4ccccc45)cc2)c2cc(N(c4ccccc4)c4ccccc4)cc4c2B3c2cccc3c2N4c2cccc4c5ccccc5n-3c24)cc1. The molecule has 0 saturated heterocycles. The van der Waals surface area contributed by atoms with Crippen LogP contribution < -0.4 is 36.0 Å². The number of rotatable bonds is 8. The van der Waals surface area contributed by atoms with E-state index in [1.54, 1.807) is 0 Å². The number of aromatic nitrogens is 1. The Kier molecular flexibility index (Phi) is 11.3. The van der Waals surface area contributed by atoms with Gasteiger partial charge in [0.25, 0.3) is 6.71 Å². The summed E-state index contributed by atoms with van der Waals surface area (Å²) in [7, 11) is 0. The largest absolute Gasteiger partial charge is 0.311 e. The summed E-state index contributed by atoms with van der Waals surface area (Å²) in [6.45, 7) is 13.6. The molecule has 3 aliphatic rings. The van der Waals surface area contributed by atoms with Crippen LogP contribution in [0.15, 0.2) is 267 Å². The Hall–Kier alpha value is -10.1. The molecule has 5 nitrogen and oxygen atoms in total. The molecule has 0 amide bonds. The monoisotopic (exact) mass is 1140 g/mol. The molecule has 0 N–H and O–H groups in total. The van der Waals surface area contributed by atoms with E-state index in [9.17, 15) is 0 Å². The second-order valence-corrected chi connectivity index (χ2v) is 26.8. The second kappa shape index (κ2) is 19.2. The molecule has 416 valence electrons. The first-order valence-corrected chi connectivity index (χ1v) is 31.3. The Morgan fingerprint density at radius 3 is 1.57 bits per heavy atom. The summed E-state index contributed by atoms with van der Waals surface area (Å²) < 4.78 is 5.16. The third kappa shape index (κ3) is 7.92.